The van der Waals surface area contributed by atoms with Crippen LogP contribution in [0.15, 0.2) is 12.1 Å². The molecule has 1 aliphatic carbocycles. The first-order chi connectivity index (χ1) is 15.4. The number of aliphatic hydroxyl groups excluding tert-OH is 1. The van der Waals surface area contributed by atoms with Crippen molar-refractivity contribution in [1.29, 1.82) is 0 Å². The van der Waals surface area contributed by atoms with Crippen LogP contribution in [0.1, 0.15) is 28.7 Å². The summed E-state index contributed by atoms with van der Waals surface area (Å²) in [5, 5.41) is 11.5. The number of methoxy groups -OCH3 is 3. The standard InChI is InChI=1S/C22H20Cl2O8/c1-27-19-16(23)15(17(24)20(28-2)21(19)29-3)13-8-4-11-12(32-7-31-11)5-9(8)18(25)10-6-30-22(26)14(10)13/h4-5,10,13-14,18,25H,6-7H2,1-3H3/t10-,13+,14-,18-/m0/s1. The maximum absolute atomic E-state index is 12.9. The van der Waals surface area contributed by atoms with E-state index in [1.165, 1.54) is 21.3 Å². The van der Waals surface area contributed by atoms with Gasteiger partial charge in [0.15, 0.2) is 23.0 Å². The molecule has 1 N–H and O–H groups in total. The van der Waals surface area contributed by atoms with Crippen LogP contribution in [0.25, 0.3) is 0 Å². The number of carbonyl (C=O) groups is 1. The van der Waals surface area contributed by atoms with Crippen molar-refractivity contribution in [1.82, 2.24) is 0 Å². The van der Waals surface area contributed by atoms with Crippen LogP contribution in [0.4, 0.5) is 0 Å². The monoisotopic (exact) mass is 482 g/mol. The van der Waals surface area contributed by atoms with Gasteiger partial charge in [-0.3, -0.25) is 4.79 Å². The third-order valence-electron chi connectivity index (χ3n) is 6.36. The van der Waals surface area contributed by atoms with E-state index in [1.807, 2.05) is 0 Å². The van der Waals surface area contributed by atoms with Gasteiger partial charge in [-0.25, -0.2) is 0 Å². The minimum Gasteiger partial charge on any atom is -0.491 e. The van der Waals surface area contributed by atoms with Gasteiger partial charge in [-0.15, -0.1) is 0 Å². The summed E-state index contributed by atoms with van der Waals surface area (Å²) in [6.07, 6.45) is -0.938. The molecule has 8 nitrogen and oxygen atoms in total. The van der Waals surface area contributed by atoms with E-state index in [-0.39, 0.29) is 40.7 Å². The summed E-state index contributed by atoms with van der Waals surface area (Å²) in [6.45, 7) is 0.147. The van der Waals surface area contributed by atoms with Crippen LogP contribution in [-0.4, -0.2) is 45.8 Å². The van der Waals surface area contributed by atoms with E-state index in [2.05, 4.69) is 0 Å². The molecule has 2 aromatic carbocycles. The Balaban J connectivity index is 1.83. The molecule has 1 saturated heterocycles. The van der Waals surface area contributed by atoms with Crippen LogP contribution in [0, 0.1) is 11.8 Å². The van der Waals surface area contributed by atoms with Crippen molar-refractivity contribution in [3.8, 4) is 28.7 Å². The molecule has 1 fully saturated rings. The van der Waals surface area contributed by atoms with E-state index in [0.717, 1.165) is 0 Å². The number of cyclic esters (lactones) is 1. The van der Waals surface area contributed by atoms with Gasteiger partial charge in [0.1, 0.15) is 0 Å². The highest BCUT2D eigenvalue weighted by molar-refractivity contribution is 6.38. The van der Waals surface area contributed by atoms with Gasteiger partial charge in [0.05, 0.1) is 50.0 Å². The van der Waals surface area contributed by atoms with Crippen molar-refractivity contribution in [3.63, 3.8) is 0 Å². The van der Waals surface area contributed by atoms with Crippen molar-refractivity contribution in [2.45, 2.75) is 12.0 Å². The van der Waals surface area contributed by atoms with E-state index in [0.29, 0.717) is 28.2 Å². The Morgan fingerprint density at radius 3 is 2.03 bits per heavy atom. The Morgan fingerprint density at radius 1 is 0.906 bits per heavy atom. The van der Waals surface area contributed by atoms with E-state index < -0.39 is 29.8 Å². The fraction of sp³-hybridized carbons (Fsp3) is 0.409. The first-order valence-electron chi connectivity index (χ1n) is 9.87. The van der Waals surface area contributed by atoms with Crippen LogP contribution < -0.4 is 23.7 Å². The zero-order valence-corrected chi connectivity index (χ0v) is 19.0. The van der Waals surface area contributed by atoms with Crippen LogP contribution in [0.5, 0.6) is 28.7 Å². The Labute approximate surface area is 193 Å². The molecular weight excluding hydrogens is 463 g/mol. The number of hydrogen-bond donors (Lipinski definition) is 1. The lowest BCUT2D eigenvalue weighted by atomic mass is 9.66. The van der Waals surface area contributed by atoms with Gasteiger partial charge < -0.3 is 33.5 Å². The molecule has 0 aromatic heterocycles. The third kappa shape index (κ3) is 2.82. The largest absolute Gasteiger partial charge is 0.491 e. The Hall–Kier alpha value is -2.55. The van der Waals surface area contributed by atoms with Crippen molar-refractivity contribution >= 4 is 29.2 Å². The molecule has 32 heavy (non-hydrogen) atoms. The highest BCUT2D eigenvalue weighted by Crippen LogP contribution is 2.60. The van der Waals surface area contributed by atoms with Crippen LogP contribution in [-0.2, 0) is 9.53 Å². The van der Waals surface area contributed by atoms with Gasteiger partial charge in [-0.05, 0) is 23.3 Å². The molecule has 3 aliphatic rings. The SMILES string of the molecule is COc1c(Cl)c([C@@H]2c3cc4c(cc3[C@H](O)[C@H]3COC(=O)[C@H]23)OCO4)c(Cl)c(OC)c1OC. The summed E-state index contributed by atoms with van der Waals surface area (Å²) < 4.78 is 32.9. The molecule has 10 heteroatoms. The van der Waals surface area contributed by atoms with Crippen molar-refractivity contribution < 1.29 is 38.3 Å². The molecule has 5 rings (SSSR count). The fourth-order valence-corrected chi connectivity index (χ4v) is 5.75. The highest BCUT2D eigenvalue weighted by Gasteiger charge is 2.53. The maximum Gasteiger partial charge on any atom is 0.310 e. The molecule has 0 unspecified atom stereocenters. The highest BCUT2D eigenvalue weighted by atomic mass is 35.5. The van der Waals surface area contributed by atoms with Crippen LogP contribution in [0.3, 0.4) is 0 Å². The number of rotatable bonds is 4. The van der Waals surface area contributed by atoms with Crippen molar-refractivity contribution in [3.05, 3.63) is 38.9 Å². The third-order valence-corrected chi connectivity index (χ3v) is 7.11. The summed E-state index contributed by atoms with van der Waals surface area (Å²) in [5.74, 6) is -0.607. The van der Waals surface area contributed by atoms with Crippen molar-refractivity contribution in [2.75, 3.05) is 34.7 Å². The normalized spacial score (nSPS) is 25.1. The molecule has 2 aromatic rings. The van der Waals surface area contributed by atoms with Gasteiger partial charge in [0.25, 0.3) is 0 Å². The number of ether oxygens (including phenoxy) is 6. The number of fused-ring (bicyclic) bond motifs is 3. The lowest BCUT2D eigenvalue weighted by molar-refractivity contribution is -0.141. The Bertz CT molecular complexity index is 1090. The predicted octanol–water partition coefficient (Wildman–Crippen LogP) is 3.72. The second-order valence-corrected chi connectivity index (χ2v) is 8.47. The van der Waals surface area contributed by atoms with E-state index in [1.54, 1.807) is 12.1 Å². The Kier molecular flexibility index (Phi) is 5.19. The minimum atomic E-state index is -0.938. The number of aliphatic hydroxyl groups is 1. The molecule has 0 bridgehead atoms. The average Bonchev–Trinajstić information content (AvgIpc) is 3.40. The van der Waals surface area contributed by atoms with Gasteiger partial charge in [-0.2, -0.15) is 0 Å². The molecular formula is C22H20Cl2O8. The van der Waals surface area contributed by atoms with Crippen LogP contribution >= 0.6 is 23.2 Å². The van der Waals surface area contributed by atoms with Crippen LogP contribution in [0.2, 0.25) is 10.0 Å². The average molecular weight is 483 g/mol. The molecule has 2 heterocycles. The quantitative estimate of drug-likeness (QED) is 0.659. The maximum atomic E-state index is 12.9. The van der Waals surface area contributed by atoms with Crippen molar-refractivity contribution in [2.24, 2.45) is 11.8 Å². The molecule has 4 atom stereocenters. The summed E-state index contributed by atoms with van der Waals surface area (Å²) in [5.41, 5.74) is 1.66. The first kappa shape index (κ1) is 21.3. The summed E-state index contributed by atoms with van der Waals surface area (Å²) in [6, 6.07) is 3.48. The van der Waals surface area contributed by atoms with Gasteiger partial charge in [0, 0.05) is 17.4 Å². The first-order valence-corrected chi connectivity index (χ1v) is 10.6. The molecule has 0 radical (unpaired) electrons. The van der Waals surface area contributed by atoms with E-state index in [4.69, 9.17) is 51.6 Å². The second-order valence-electron chi connectivity index (χ2n) is 7.72. The molecule has 2 aliphatic heterocycles. The predicted molar refractivity (Wildman–Crippen MR) is 113 cm³/mol. The summed E-state index contributed by atoms with van der Waals surface area (Å²) in [7, 11) is 4.35. The molecule has 0 amide bonds. The number of esters is 1. The fourth-order valence-electron chi connectivity index (χ4n) is 4.95. The molecule has 0 spiro atoms. The zero-order valence-electron chi connectivity index (χ0n) is 17.4. The number of hydrogen-bond acceptors (Lipinski definition) is 8. The lowest BCUT2D eigenvalue weighted by Crippen LogP contribution is -2.35. The zero-order chi connectivity index (χ0) is 22.7. The second kappa shape index (κ2) is 7.79. The number of benzene rings is 2. The van der Waals surface area contributed by atoms with E-state index in [9.17, 15) is 9.90 Å². The lowest BCUT2D eigenvalue weighted by Gasteiger charge is -2.37. The van der Waals surface area contributed by atoms with Gasteiger partial charge >= 0.3 is 5.97 Å². The summed E-state index contributed by atoms with van der Waals surface area (Å²) >= 11 is 13.6. The minimum absolute atomic E-state index is 0.0690. The van der Waals surface area contributed by atoms with Gasteiger partial charge in [0.2, 0.25) is 12.5 Å². The smallest absolute Gasteiger partial charge is 0.310 e. The number of carbonyl (C=O) groups excluding carboxylic acids is 1. The Morgan fingerprint density at radius 2 is 1.47 bits per heavy atom. The van der Waals surface area contributed by atoms with E-state index >= 15 is 0 Å². The summed E-state index contributed by atoms with van der Waals surface area (Å²) in [4.78, 5) is 12.9. The molecule has 170 valence electrons. The van der Waals surface area contributed by atoms with Gasteiger partial charge in [-0.1, -0.05) is 23.2 Å². The topological polar surface area (TPSA) is 92.7 Å². The number of halogens is 2. The molecule has 0 saturated carbocycles.